The highest BCUT2D eigenvalue weighted by atomic mass is 16.2. The number of carbonyl (C=O) groups excluding carboxylic acids is 4. The maximum Gasteiger partial charge on any atom is 0.224 e. The molecule has 2 fully saturated rings. The quantitative estimate of drug-likeness (QED) is 0.716. The van der Waals surface area contributed by atoms with Gasteiger partial charge in [0.2, 0.25) is 17.7 Å². The Morgan fingerprint density at radius 3 is 2.77 bits per heavy atom. The Balaban J connectivity index is 1.85. The molecule has 0 aromatic rings. The van der Waals surface area contributed by atoms with Gasteiger partial charge in [-0.05, 0) is 25.7 Å². The van der Waals surface area contributed by atoms with Gasteiger partial charge in [0, 0.05) is 18.4 Å². The molecule has 2 aliphatic rings. The van der Waals surface area contributed by atoms with Crippen molar-refractivity contribution >= 4 is 23.5 Å². The molecule has 0 saturated carbocycles. The van der Waals surface area contributed by atoms with E-state index in [0.717, 1.165) is 12.8 Å². The molecule has 3 amide bonds. The molecule has 0 bridgehead atoms. The van der Waals surface area contributed by atoms with E-state index >= 15 is 0 Å². The van der Waals surface area contributed by atoms with Crippen LogP contribution in [0.2, 0.25) is 0 Å². The summed E-state index contributed by atoms with van der Waals surface area (Å²) in [5.41, 5.74) is 5.13. The summed E-state index contributed by atoms with van der Waals surface area (Å²) in [6, 6.07) is -0.441. The van der Waals surface area contributed by atoms with Gasteiger partial charge >= 0.3 is 0 Å². The lowest BCUT2D eigenvalue weighted by atomic mass is 10.0. The van der Waals surface area contributed by atoms with Crippen LogP contribution in [-0.2, 0) is 19.2 Å². The number of carbonyl (C=O) groups is 4. The van der Waals surface area contributed by atoms with Gasteiger partial charge in [0.25, 0.3) is 0 Å². The predicted octanol–water partition coefficient (Wildman–Crippen LogP) is -0.459. The highest BCUT2D eigenvalue weighted by molar-refractivity contribution is 5.95. The van der Waals surface area contributed by atoms with E-state index in [4.69, 9.17) is 5.73 Å². The van der Waals surface area contributed by atoms with Gasteiger partial charge in [0.1, 0.15) is 0 Å². The van der Waals surface area contributed by atoms with Crippen LogP contribution in [0.1, 0.15) is 39.0 Å². The molecule has 3 N–H and O–H groups in total. The molecule has 0 aromatic heterocycles. The predicted molar refractivity (Wildman–Crippen MR) is 78.2 cm³/mol. The van der Waals surface area contributed by atoms with Gasteiger partial charge in [-0.2, -0.15) is 0 Å². The van der Waals surface area contributed by atoms with Crippen molar-refractivity contribution in [2.45, 2.75) is 51.1 Å². The lowest BCUT2D eigenvalue weighted by Crippen LogP contribution is -2.44. The molecule has 0 unspecified atom stereocenters. The average molecular weight is 308 g/mol. The first kappa shape index (κ1) is 16.5. The number of amides is 3. The van der Waals surface area contributed by atoms with Crippen molar-refractivity contribution in [3.63, 3.8) is 0 Å². The standard InChI is InChI=1S/C15H22N3O4/c1-9(15(16)22)2-6-13(20)17-11-5-3-10-4-7-14(21)18(10)8-12(11)19/h6,9-11H,2-5,7-8H2,1H3,(H2,16,22)(H,17,20)/t9-,10-,11-/m0/s1. The van der Waals surface area contributed by atoms with Gasteiger partial charge in [-0.1, -0.05) is 6.92 Å². The van der Waals surface area contributed by atoms with Crippen LogP contribution in [-0.4, -0.2) is 47.0 Å². The van der Waals surface area contributed by atoms with E-state index in [0.29, 0.717) is 12.8 Å². The second-order valence-electron chi connectivity index (χ2n) is 6.06. The summed E-state index contributed by atoms with van der Waals surface area (Å²) in [4.78, 5) is 48.3. The van der Waals surface area contributed by atoms with Gasteiger partial charge in [-0.25, -0.2) is 0 Å². The number of Topliss-reactive ketones (excluding diaryl/α,β-unsaturated/α-hetero) is 1. The van der Waals surface area contributed by atoms with Crippen LogP contribution in [0.5, 0.6) is 0 Å². The molecule has 121 valence electrons. The number of rotatable bonds is 5. The monoisotopic (exact) mass is 308 g/mol. The summed E-state index contributed by atoms with van der Waals surface area (Å²) < 4.78 is 0. The third kappa shape index (κ3) is 3.84. The van der Waals surface area contributed by atoms with Crippen molar-refractivity contribution in [1.29, 1.82) is 0 Å². The maximum atomic E-state index is 12.2. The minimum absolute atomic E-state index is 0.0205. The minimum Gasteiger partial charge on any atom is -0.369 e. The van der Waals surface area contributed by atoms with Crippen LogP contribution in [0, 0.1) is 12.3 Å². The summed E-state index contributed by atoms with van der Waals surface area (Å²) in [5.74, 6) is -1.37. The Morgan fingerprint density at radius 1 is 1.36 bits per heavy atom. The molecular weight excluding hydrogens is 286 g/mol. The van der Waals surface area contributed by atoms with E-state index in [1.807, 2.05) is 0 Å². The van der Waals surface area contributed by atoms with Crippen LogP contribution in [0.4, 0.5) is 0 Å². The minimum atomic E-state index is -0.564. The van der Waals surface area contributed by atoms with Gasteiger partial charge in [-0.3, -0.25) is 19.2 Å². The molecular formula is C15H22N3O4. The van der Waals surface area contributed by atoms with Crippen molar-refractivity contribution in [2.24, 2.45) is 11.7 Å². The number of hydrogen-bond acceptors (Lipinski definition) is 4. The lowest BCUT2D eigenvalue weighted by Gasteiger charge is -2.20. The van der Waals surface area contributed by atoms with E-state index in [-0.39, 0.29) is 36.6 Å². The molecule has 3 atom stereocenters. The average Bonchev–Trinajstić information content (AvgIpc) is 2.72. The van der Waals surface area contributed by atoms with Gasteiger partial charge in [-0.15, -0.1) is 0 Å². The fourth-order valence-corrected chi connectivity index (χ4v) is 2.89. The number of nitrogens with two attached hydrogens (primary N) is 1. The molecule has 2 heterocycles. The van der Waals surface area contributed by atoms with Crippen molar-refractivity contribution in [3.8, 4) is 0 Å². The number of nitrogens with one attached hydrogen (secondary N) is 1. The zero-order valence-corrected chi connectivity index (χ0v) is 12.7. The Bertz CT molecular complexity index is 491. The molecule has 1 radical (unpaired) electrons. The van der Waals surface area contributed by atoms with Crippen LogP contribution in [0.15, 0.2) is 0 Å². The molecule has 0 aromatic carbocycles. The van der Waals surface area contributed by atoms with Gasteiger partial charge in [0.05, 0.1) is 19.0 Å². The second-order valence-corrected chi connectivity index (χ2v) is 6.06. The van der Waals surface area contributed by atoms with E-state index in [1.165, 1.54) is 6.42 Å². The Morgan fingerprint density at radius 2 is 2.09 bits per heavy atom. The third-order valence-corrected chi connectivity index (χ3v) is 4.41. The summed E-state index contributed by atoms with van der Waals surface area (Å²) in [7, 11) is 0. The van der Waals surface area contributed by atoms with Gasteiger partial charge in [0.15, 0.2) is 5.78 Å². The first-order valence-corrected chi connectivity index (χ1v) is 7.63. The van der Waals surface area contributed by atoms with Crippen LogP contribution in [0.3, 0.4) is 0 Å². The number of ketones is 1. The largest absolute Gasteiger partial charge is 0.369 e. The van der Waals surface area contributed by atoms with Crippen molar-refractivity contribution in [2.75, 3.05) is 6.54 Å². The van der Waals surface area contributed by atoms with E-state index < -0.39 is 17.9 Å². The molecule has 2 rings (SSSR count). The SMILES string of the molecule is C[C@@H](C[CH]C(=O)N[C@H]1CC[C@H]2CCC(=O)N2CC1=O)C(N)=O. The van der Waals surface area contributed by atoms with Crippen LogP contribution in [0.25, 0.3) is 0 Å². The van der Waals surface area contributed by atoms with Gasteiger partial charge < -0.3 is 16.0 Å². The fourth-order valence-electron chi connectivity index (χ4n) is 2.89. The van der Waals surface area contributed by atoms with Crippen molar-refractivity contribution < 1.29 is 19.2 Å². The summed E-state index contributed by atoms with van der Waals surface area (Å²) in [5, 5.41) is 2.67. The Kier molecular flexibility index (Phi) is 5.15. The number of nitrogens with zero attached hydrogens (tertiary/aromatic N) is 1. The smallest absolute Gasteiger partial charge is 0.224 e. The summed E-state index contributed by atoms with van der Waals surface area (Å²) in [6.07, 6.45) is 4.15. The highest BCUT2D eigenvalue weighted by Crippen LogP contribution is 2.26. The highest BCUT2D eigenvalue weighted by Gasteiger charge is 2.37. The summed E-state index contributed by atoms with van der Waals surface area (Å²) in [6.45, 7) is 1.72. The zero-order chi connectivity index (χ0) is 16.3. The first-order chi connectivity index (χ1) is 10.4. The Labute approximate surface area is 129 Å². The number of hydrogen-bond donors (Lipinski definition) is 2. The zero-order valence-electron chi connectivity index (χ0n) is 12.7. The third-order valence-electron chi connectivity index (χ3n) is 4.41. The molecule has 7 heteroatoms. The molecule has 22 heavy (non-hydrogen) atoms. The topological polar surface area (TPSA) is 110 Å². The Hall–Kier alpha value is -1.92. The van der Waals surface area contributed by atoms with Crippen LogP contribution < -0.4 is 11.1 Å². The number of fused-ring (bicyclic) bond motifs is 1. The fraction of sp³-hybridized carbons (Fsp3) is 0.667. The van der Waals surface area contributed by atoms with E-state index in [2.05, 4.69) is 5.32 Å². The first-order valence-electron chi connectivity index (χ1n) is 7.63. The van der Waals surface area contributed by atoms with Crippen molar-refractivity contribution in [1.82, 2.24) is 10.2 Å². The number of primary amides is 1. The second kappa shape index (κ2) is 6.89. The normalized spacial score (nSPS) is 26.3. The lowest BCUT2D eigenvalue weighted by molar-refractivity contribution is -0.133. The molecule has 2 aliphatic heterocycles. The molecule has 2 saturated heterocycles. The molecule has 0 spiro atoms. The van der Waals surface area contributed by atoms with E-state index in [9.17, 15) is 19.2 Å². The molecule has 0 aliphatic carbocycles. The van der Waals surface area contributed by atoms with E-state index in [1.54, 1.807) is 11.8 Å². The maximum absolute atomic E-state index is 12.2. The van der Waals surface area contributed by atoms with Crippen LogP contribution >= 0.6 is 0 Å². The van der Waals surface area contributed by atoms with Crippen molar-refractivity contribution in [3.05, 3.63) is 6.42 Å². The summed E-state index contributed by atoms with van der Waals surface area (Å²) >= 11 is 0. The molecule has 7 nitrogen and oxygen atoms in total.